The van der Waals surface area contributed by atoms with Crippen LogP contribution in [-0.4, -0.2) is 6.30 Å². The third-order valence-electron chi connectivity index (χ3n) is 1.35. The minimum absolute atomic E-state index is 0.289. The number of anilines is 2. The number of nitrogens with zero attached hydrogens (tertiary/aromatic N) is 1. The fourth-order valence-electron chi connectivity index (χ4n) is 0.821. The molecule has 0 fully saturated rings. The maximum absolute atomic E-state index is 11.8. The second-order valence-corrected chi connectivity index (χ2v) is 2.40. The van der Waals surface area contributed by atoms with Crippen molar-refractivity contribution in [3.05, 3.63) is 24.3 Å². The summed E-state index contributed by atoms with van der Waals surface area (Å²) in [6, 6.07) is 3.56. The lowest BCUT2D eigenvalue weighted by Gasteiger charge is -2.10. The Morgan fingerprint density at radius 1 is 1.00 bits per heavy atom. The van der Waals surface area contributed by atoms with E-state index in [2.05, 4.69) is 0 Å². The highest BCUT2D eigenvalue weighted by atomic mass is 19.4. The van der Waals surface area contributed by atoms with Crippen molar-refractivity contribution >= 4 is 11.4 Å². The molecule has 7 heteroatoms. The van der Waals surface area contributed by atoms with Gasteiger partial charge < -0.3 is 0 Å². The van der Waals surface area contributed by atoms with Gasteiger partial charge in [-0.3, -0.25) is 5.32 Å². The van der Waals surface area contributed by atoms with E-state index in [1.807, 2.05) is 0 Å². The molecule has 0 aliphatic rings. The van der Waals surface area contributed by atoms with Crippen LogP contribution in [0.25, 0.3) is 0 Å². The largest absolute Gasteiger partial charge is 0.482 e. The van der Waals surface area contributed by atoms with Gasteiger partial charge in [0.05, 0.1) is 0 Å². The zero-order valence-electron chi connectivity index (χ0n) is 6.65. The van der Waals surface area contributed by atoms with E-state index in [0.717, 1.165) is 24.3 Å². The molecule has 0 saturated heterocycles. The summed E-state index contributed by atoms with van der Waals surface area (Å²) in [7, 11) is 0. The minimum atomic E-state index is -4.56. The van der Waals surface area contributed by atoms with Crippen LogP contribution in [0.1, 0.15) is 0 Å². The molecule has 0 saturated carbocycles. The quantitative estimate of drug-likeness (QED) is 0.460. The van der Waals surface area contributed by atoms with Crippen molar-refractivity contribution in [3.8, 4) is 0 Å². The molecule has 0 bridgehead atoms. The van der Waals surface area contributed by atoms with Crippen LogP contribution in [0, 0.1) is 0 Å². The first-order chi connectivity index (χ1) is 6.38. The standard InChI is InChI=1S/C7H5F5N2/c8-7(9,10)13-5-1-3-6(4-2-5)14(11)12/h1-4,13H. The van der Waals surface area contributed by atoms with Gasteiger partial charge in [-0.2, -0.15) is 13.2 Å². The zero-order valence-corrected chi connectivity index (χ0v) is 6.65. The van der Waals surface area contributed by atoms with E-state index in [9.17, 15) is 22.1 Å². The summed E-state index contributed by atoms with van der Waals surface area (Å²) in [5, 5.41) is 0.000677. The van der Waals surface area contributed by atoms with Crippen molar-refractivity contribution in [3.63, 3.8) is 0 Å². The Balaban J connectivity index is 2.74. The molecule has 0 amide bonds. The van der Waals surface area contributed by atoms with Crippen LogP contribution in [-0.2, 0) is 0 Å². The summed E-state index contributed by atoms with van der Waals surface area (Å²) in [6.07, 6.45) is -4.56. The van der Waals surface area contributed by atoms with Crippen molar-refractivity contribution in [2.45, 2.75) is 6.30 Å². The number of halogens is 5. The van der Waals surface area contributed by atoms with Crippen molar-refractivity contribution in [1.82, 2.24) is 0 Å². The van der Waals surface area contributed by atoms with Gasteiger partial charge in [0.1, 0.15) is 5.69 Å². The van der Waals surface area contributed by atoms with Gasteiger partial charge in [0, 0.05) is 5.69 Å². The first kappa shape index (κ1) is 10.6. The van der Waals surface area contributed by atoms with Gasteiger partial charge in [0.15, 0.2) is 0 Å². The predicted molar refractivity (Wildman–Crippen MR) is 40.8 cm³/mol. The van der Waals surface area contributed by atoms with Gasteiger partial charge in [-0.25, -0.2) is 0 Å². The molecule has 0 unspecified atom stereocenters. The zero-order chi connectivity index (χ0) is 10.8. The molecule has 0 aliphatic carbocycles. The summed E-state index contributed by atoms with van der Waals surface area (Å²) in [5.41, 5.74) is -0.763. The molecule has 14 heavy (non-hydrogen) atoms. The molecule has 1 N–H and O–H groups in total. The molecule has 0 radical (unpaired) electrons. The maximum atomic E-state index is 11.8. The summed E-state index contributed by atoms with van der Waals surface area (Å²) in [6.45, 7) is 0. The number of alkyl halides is 3. The average Bonchev–Trinajstić information content (AvgIpc) is 2.02. The summed E-state index contributed by atoms with van der Waals surface area (Å²) in [4.78, 5) is 0. The number of nitrogens with one attached hydrogen (secondary N) is 1. The van der Waals surface area contributed by atoms with E-state index in [0.29, 0.717) is 0 Å². The molecule has 0 aliphatic heterocycles. The molecule has 0 spiro atoms. The average molecular weight is 212 g/mol. The highest BCUT2D eigenvalue weighted by molar-refractivity contribution is 5.53. The summed E-state index contributed by atoms with van der Waals surface area (Å²) in [5.74, 6) is 0. The normalized spacial score (nSPS) is 11.2. The fourth-order valence-corrected chi connectivity index (χ4v) is 0.821. The maximum Gasteiger partial charge on any atom is 0.482 e. The van der Waals surface area contributed by atoms with Gasteiger partial charge in [0.25, 0.3) is 0 Å². The van der Waals surface area contributed by atoms with Crippen LogP contribution in [0.2, 0.25) is 0 Å². The van der Waals surface area contributed by atoms with Crippen LogP contribution in [0.5, 0.6) is 0 Å². The van der Waals surface area contributed by atoms with E-state index in [1.165, 1.54) is 5.32 Å². The van der Waals surface area contributed by atoms with Gasteiger partial charge in [0.2, 0.25) is 0 Å². The number of hydrogen-bond donors (Lipinski definition) is 1. The molecule has 0 atom stereocenters. The van der Waals surface area contributed by atoms with Crippen LogP contribution in [0.4, 0.5) is 33.5 Å². The Labute approximate surface area is 75.8 Å². The number of rotatable bonds is 2. The topological polar surface area (TPSA) is 15.3 Å². The van der Waals surface area contributed by atoms with E-state index >= 15 is 0 Å². The van der Waals surface area contributed by atoms with Crippen LogP contribution in [0.15, 0.2) is 24.3 Å². The molecule has 1 rings (SSSR count). The molecule has 1 aromatic rings. The van der Waals surface area contributed by atoms with E-state index in [1.54, 1.807) is 0 Å². The Hall–Kier alpha value is -1.53. The Morgan fingerprint density at radius 3 is 1.86 bits per heavy atom. The minimum Gasteiger partial charge on any atom is -0.298 e. The molecule has 0 heterocycles. The molecule has 1 aromatic carbocycles. The first-order valence-corrected chi connectivity index (χ1v) is 3.45. The molecule has 78 valence electrons. The van der Waals surface area contributed by atoms with E-state index in [-0.39, 0.29) is 5.69 Å². The van der Waals surface area contributed by atoms with Gasteiger partial charge in [-0.05, 0) is 29.6 Å². The van der Waals surface area contributed by atoms with E-state index in [4.69, 9.17) is 0 Å². The lowest BCUT2D eigenvalue weighted by Crippen LogP contribution is -2.20. The summed E-state index contributed by atoms with van der Waals surface area (Å²) < 4.78 is 58.8. The molecular weight excluding hydrogens is 207 g/mol. The monoisotopic (exact) mass is 212 g/mol. The highest BCUT2D eigenvalue weighted by Crippen LogP contribution is 2.23. The Kier molecular flexibility index (Phi) is 2.78. The Bertz CT molecular complexity index is 292. The highest BCUT2D eigenvalue weighted by Gasteiger charge is 2.26. The lowest BCUT2D eigenvalue weighted by atomic mass is 10.3. The van der Waals surface area contributed by atoms with Crippen LogP contribution < -0.4 is 10.7 Å². The third-order valence-corrected chi connectivity index (χ3v) is 1.35. The second-order valence-electron chi connectivity index (χ2n) is 2.40. The molecular formula is C7H5F5N2. The van der Waals surface area contributed by atoms with Gasteiger partial charge in [-0.1, -0.05) is 8.96 Å². The van der Waals surface area contributed by atoms with Crippen molar-refractivity contribution in [2.24, 2.45) is 0 Å². The smallest absolute Gasteiger partial charge is 0.298 e. The number of hydrogen-bond acceptors (Lipinski definition) is 2. The lowest BCUT2D eigenvalue weighted by molar-refractivity contribution is -0.0999. The number of benzene rings is 1. The predicted octanol–water partition coefficient (Wildman–Crippen LogP) is 3.19. The summed E-state index contributed by atoms with van der Waals surface area (Å²) >= 11 is 0. The van der Waals surface area contributed by atoms with Crippen LogP contribution >= 0.6 is 0 Å². The molecule has 0 aromatic heterocycles. The van der Waals surface area contributed by atoms with Gasteiger partial charge >= 0.3 is 6.30 Å². The van der Waals surface area contributed by atoms with Gasteiger partial charge in [-0.15, -0.1) is 0 Å². The SMILES string of the molecule is FN(F)c1ccc(NC(F)(F)F)cc1. The fraction of sp³-hybridized carbons (Fsp3) is 0.143. The molecule has 2 nitrogen and oxygen atoms in total. The third kappa shape index (κ3) is 3.08. The van der Waals surface area contributed by atoms with Crippen molar-refractivity contribution < 1.29 is 22.1 Å². The van der Waals surface area contributed by atoms with Crippen molar-refractivity contribution in [2.75, 3.05) is 10.7 Å². The Morgan fingerprint density at radius 2 is 1.50 bits per heavy atom. The second kappa shape index (κ2) is 3.69. The first-order valence-electron chi connectivity index (χ1n) is 3.45. The van der Waals surface area contributed by atoms with Crippen LogP contribution in [0.3, 0.4) is 0 Å². The van der Waals surface area contributed by atoms with E-state index < -0.39 is 17.3 Å². The van der Waals surface area contributed by atoms with Crippen molar-refractivity contribution in [1.29, 1.82) is 0 Å².